The molecular weight excluding hydrogens is 321 g/mol. The summed E-state index contributed by atoms with van der Waals surface area (Å²) in [6.45, 7) is 1.90. The average Bonchev–Trinajstić information content (AvgIpc) is 2.41. The SMILES string of the molecule is Cc1ccc(C(=O)C(C#N)c2ccccc2F)c(Br)c1. The molecule has 20 heavy (non-hydrogen) atoms. The smallest absolute Gasteiger partial charge is 0.185 e. The normalized spacial score (nSPS) is 11.7. The highest BCUT2D eigenvalue weighted by molar-refractivity contribution is 9.10. The number of nitrogens with zero attached hydrogens (tertiary/aromatic N) is 1. The summed E-state index contributed by atoms with van der Waals surface area (Å²) in [6, 6.07) is 13.0. The molecule has 0 fully saturated rings. The fourth-order valence-corrected chi connectivity index (χ4v) is 2.64. The van der Waals surface area contributed by atoms with E-state index in [-0.39, 0.29) is 5.56 Å². The molecule has 0 amide bonds. The second-order valence-electron chi connectivity index (χ2n) is 4.43. The molecule has 0 aliphatic carbocycles. The highest BCUT2D eigenvalue weighted by Gasteiger charge is 2.25. The molecule has 0 saturated heterocycles. The zero-order valence-corrected chi connectivity index (χ0v) is 12.3. The third-order valence-corrected chi connectivity index (χ3v) is 3.65. The Kier molecular flexibility index (Phi) is 4.31. The summed E-state index contributed by atoms with van der Waals surface area (Å²) < 4.78 is 14.4. The number of halogens is 2. The molecule has 2 nitrogen and oxygen atoms in total. The van der Waals surface area contributed by atoms with Gasteiger partial charge in [0, 0.05) is 15.6 Å². The van der Waals surface area contributed by atoms with Gasteiger partial charge in [-0.1, -0.05) is 40.2 Å². The van der Waals surface area contributed by atoms with Gasteiger partial charge in [-0.15, -0.1) is 0 Å². The average molecular weight is 332 g/mol. The van der Waals surface area contributed by atoms with Gasteiger partial charge < -0.3 is 0 Å². The minimum Gasteiger partial charge on any atom is -0.292 e. The number of hydrogen-bond acceptors (Lipinski definition) is 2. The van der Waals surface area contributed by atoms with Crippen molar-refractivity contribution in [1.29, 1.82) is 5.26 Å². The van der Waals surface area contributed by atoms with Crippen molar-refractivity contribution in [2.24, 2.45) is 0 Å². The van der Waals surface area contributed by atoms with Crippen molar-refractivity contribution in [2.45, 2.75) is 12.8 Å². The highest BCUT2D eigenvalue weighted by atomic mass is 79.9. The molecule has 2 aromatic rings. The van der Waals surface area contributed by atoms with Crippen LogP contribution in [0.25, 0.3) is 0 Å². The second kappa shape index (κ2) is 5.98. The van der Waals surface area contributed by atoms with Gasteiger partial charge in [-0.05, 0) is 30.7 Å². The molecule has 0 aliphatic rings. The van der Waals surface area contributed by atoms with Gasteiger partial charge in [-0.3, -0.25) is 4.79 Å². The lowest BCUT2D eigenvalue weighted by Gasteiger charge is -2.11. The van der Waals surface area contributed by atoms with Crippen molar-refractivity contribution in [3.8, 4) is 6.07 Å². The molecule has 0 aromatic heterocycles. The first-order valence-electron chi connectivity index (χ1n) is 5.99. The Morgan fingerprint density at radius 3 is 2.60 bits per heavy atom. The third-order valence-electron chi connectivity index (χ3n) is 3.00. The van der Waals surface area contributed by atoms with Crippen LogP contribution >= 0.6 is 15.9 Å². The number of nitriles is 1. The molecule has 0 spiro atoms. The van der Waals surface area contributed by atoms with Gasteiger partial charge >= 0.3 is 0 Å². The van der Waals surface area contributed by atoms with Crippen LogP contribution < -0.4 is 0 Å². The predicted molar refractivity (Wildman–Crippen MR) is 78.0 cm³/mol. The number of Topliss-reactive ketones (excluding diaryl/α,β-unsaturated/α-hetero) is 1. The number of benzene rings is 2. The maximum absolute atomic E-state index is 13.8. The molecular formula is C16H11BrFNO. The van der Waals surface area contributed by atoms with Crippen LogP contribution in [0.4, 0.5) is 4.39 Å². The molecule has 0 aliphatic heterocycles. The molecule has 0 N–H and O–H groups in total. The number of hydrogen-bond donors (Lipinski definition) is 0. The summed E-state index contributed by atoms with van der Waals surface area (Å²) in [4.78, 5) is 12.4. The van der Waals surface area contributed by atoms with E-state index in [2.05, 4.69) is 15.9 Å². The maximum atomic E-state index is 13.8. The first kappa shape index (κ1) is 14.4. The lowest BCUT2D eigenvalue weighted by molar-refractivity contribution is 0.0976. The van der Waals surface area contributed by atoms with Crippen LogP contribution in [0.3, 0.4) is 0 Å². The van der Waals surface area contributed by atoms with Gasteiger partial charge in [-0.2, -0.15) is 5.26 Å². The van der Waals surface area contributed by atoms with E-state index in [1.165, 1.54) is 18.2 Å². The van der Waals surface area contributed by atoms with E-state index in [1.54, 1.807) is 24.3 Å². The van der Waals surface area contributed by atoms with Crippen molar-refractivity contribution >= 4 is 21.7 Å². The van der Waals surface area contributed by atoms with E-state index in [0.29, 0.717) is 10.0 Å². The van der Waals surface area contributed by atoms with Gasteiger partial charge in [0.1, 0.15) is 11.7 Å². The molecule has 2 aromatic carbocycles. The predicted octanol–water partition coefficient (Wildman–Crippen LogP) is 4.39. The van der Waals surface area contributed by atoms with Crippen LogP contribution in [0, 0.1) is 24.1 Å². The van der Waals surface area contributed by atoms with Gasteiger partial charge in [-0.25, -0.2) is 4.39 Å². The summed E-state index contributed by atoms with van der Waals surface area (Å²) in [7, 11) is 0. The van der Waals surface area contributed by atoms with Crippen molar-refractivity contribution in [3.05, 3.63) is 69.4 Å². The zero-order chi connectivity index (χ0) is 14.7. The molecule has 1 unspecified atom stereocenters. The van der Waals surface area contributed by atoms with E-state index in [9.17, 15) is 14.4 Å². The quantitative estimate of drug-likeness (QED) is 0.783. The van der Waals surface area contributed by atoms with E-state index >= 15 is 0 Å². The first-order chi connectivity index (χ1) is 9.54. The lowest BCUT2D eigenvalue weighted by Crippen LogP contribution is -2.13. The van der Waals surface area contributed by atoms with Crippen LogP contribution in [-0.4, -0.2) is 5.78 Å². The molecule has 0 radical (unpaired) electrons. The molecule has 0 heterocycles. The Bertz CT molecular complexity index is 706. The van der Waals surface area contributed by atoms with Gasteiger partial charge in [0.25, 0.3) is 0 Å². The molecule has 2 rings (SSSR count). The van der Waals surface area contributed by atoms with Crippen LogP contribution in [0.15, 0.2) is 46.9 Å². The Hall–Kier alpha value is -1.99. The minimum atomic E-state index is -1.14. The Morgan fingerprint density at radius 2 is 2.00 bits per heavy atom. The molecule has 4 heteroatoms. The van der Waals surface area contributed by atoms with E-state index in [0.717, 1.165) is 5.56 Å². The summed E-state index contributed by atoms with van der Waals surface area (Å²) >= 11 is 3.31. The van der Waals surface area contributed by atoms with Crippen molar-refractivity contribution < 1.29 is 9.18 Å². The molecule has 100 valence electrons. The van der Waals surface area contributed by atoms with E-state index in [4.69, 9.17) is 0 Å². The first-order valence-corrected chi connectivity index (χ1v) is 6.78. The van der Waals surface area contributed by atoms with Crippen molar-refractivity contribution in [1.82, 2.24) is 0 Å². The van der Waals surface area contributed by atoms with Crippen LogP contribution in [0.2, 0.25) is 0 Å². The van der Waals surface area contributed by atoms with Gasteiger partial charge in [0.05, 0.1) is 6.07 Å². The van der Waals surface area contributed by atoms with E-state index in [1.807, 2.05) is 13.0 Å². The fraction of sp³-hybridized carbons (Fsp3) is 0.125. The zero-order valence-electron chi connectivity index (χ0n) is 10.7. The third kappa shape index (κ3) is 2.78. The van der Waals surface area contributed by atoms with Gasteiger partial charge in [0.2, 0.25) is 0 Å². The second-order valence-corrected chi connectivity index (χ2v) is 5.29. The highest BCUT2D eigenvalue weighted by Crippen LogP contribution is 2.27. The summed E-state index contributed by atoms with van der Waals surface area (Å²) in [5.74, 6) is -2.10. The maximum Gasteiger partial charge on any atom is 0.185 e. The summed E-state index contributed by atoms with van der Waals surface area (Å²) in [5, 5.41) is 9.23. The topological polar surface area (TPSA) is 40.9 Å². The Balaban J connectivity index is 2.45. The summed E-state index contributed by atoms with van der Waals surface area (Å²) in [5.41, 5.74) is 1.48. The number of aryl methyl sites for hydroxylation is 1. The Labute approximate surface area is 125 Å². The number of carbonyl (C=O) groups is 1. The number of rotatable bonds is 3. The van der Waals surface area contributed by atoms with Crippen molar-refractivity contribution in [3.63, 3.8) is 0 Å². The largest absolute Gasteiger partial charge is 0.292 e. The lowest BCUT2D eigenvalue weighted by atomic mass is 9.91. The number of ketones is 1. The van der Waals surface area contributed by atoms with Crippen LogP contribution in [0.1, 0.15) is 27.4 Å². The van der Waals surface area contributed by atoms with Gasteiger partial charge in [0.15, 0.2) is 5.78 Å². The Morgan fingerprint density at radius 1 is 1.30 bits per heavy atom. The van der Waals surface area contributed by atoms with E-state index < -0.39 is 17.5 Å². The molecule has 1 atom stereocenters. The minimum absolute atomic E-state index is 0.104. The molecule has 0 saturated carbocycles. The molecule has 0 bridgehead atoms. The standard InChI is InChI=1S/C16H11BrFNO/c1-10-6-7-12(14(17)8-10)16(20)13(9-19)11-4-2-3-5-15(11)18/h2-8,13H,1H3. The van der Waals surface area contributed by atoms with Crippen LogP contribution in [-0.2, 0) is 0 Å². The summed E-state index contributed by atoms with van der Waals surface area (Å²) in [6.07, 6.45) is 0. The van der Waals surface area contributed by atoms with Crippen molar-refractivity contribution in [2.75, 3.05) is 0 Å². The fourth-order valence-electron chi connectivity index (χ4n) is 1.95. The van der Waals surface area contributed by atoms with Crippen LogP contribution in [0.5, 0.6) is 0 Å². The number of carbonyl (C=O) groups excluding carboxylic acids is 1. The monoisotopic (exact) mass is 331 g/mol.